The van der Waals surface area contributed by atoms with Gasteiger partial charge in [0.15, 0.2) is 0 Å². The van der Waals surface area contributed by atoms with E-state index in [2.05, 4.69) is 21.4 Å². The van der Waals surface area contributed by atoms with Gasteiger partial charge in [0.25, 0.3) is 5.91 Å². The molecule has 1 rings (SSSR count). The van der Waals surface area contributed by atoms with Crippen LogP contribution in [0, 0.1) is 0 Å². The molecule has 3 nitrogen and oxygen atoms in total. The van der Waals surface area contributed by atoms with Crippen molar-refractivity contribution in [2.75, 3.05) is 0 Å². The molecule has 1 aromatic rings. The van der Waals surface area contributed by atoms with E-state index in [1.807, 2.05) is 20.8 Å². The maximum Gasteiger partial charge on any atom is 0.276 e. The standard InChI is InChI=1S/C11H13BrClNO2/c1-11(2,3)16-14-10(15)8-6-7(13)4-5-9(8)12/h4-6H,1-3H3,(H,14,15). The van der Waals surface area contributed by atoms with E-state index >= 15 is 0 Å². The summed E-state index contributed by atoms with van der Waals surface area (Å²) in [5, 5.41) is 0.504. The molecular formula is C11H13BrClNO2. The third-order valence-electron chi connectivity index (χ3n) is 1.62. The highest BCUT2D eigenvalue weighted by atomic mass is 79.9. The number of hydrogen-bond donors (Lipinski definition) is 1. The Hall–Kier alpha value is -0.580. The Labute approximate surface area is 108 Å². The summed E-state index contributed by atoms with van der Waals surface area (Å²) in [6.45, 7) is 5.54. The highest BCUT2D eigenvalue weighted by Crippen LogP contribution is 2.21. The zero-order valence-electron chi connectivity index (χ0n) is 9.30. The van der Waals surface area contributed by atoms with E-state index in [1.54, 1.807) is 18.2 Å². The molecule has 5 heteroatoms. The molecule has 16 heavy (non-hydrogen) atoms. The lowest BCUT2D eigenvalue weighted by Crippen LogP contribution is -2.33. The molecule has 0 aliphatic carbocycles. The molecule has 1 aromatic carbocycles. The Morgan fingerprint density at radius 2 is 2.06 bits per heavy atom. The first-order valence-electron chi connectivity index (χ1n) is 4.73. The molecule has 0 aliphatic heterocycles. The lowest BCUT2D eigenvalue weighted by molar-refractivity contribution is -0.0590. The first-order valence-corrected chi connectivity index (χ1v) is 5.90. The Morgan fingerprint density at radius 1 is 1.44 bits per heavy atom. The number of carbonyl (C=O) groups excluding carboxylic acids is 1. The zero-order valence-corrected chi connectivity index (χ0v) is 11.6. The van der Waals surface area contributed by atoms with Crippen LogP contribution in [-0.2, 0) is 4.84 Å². The summed E-state index contributed by atoms with van der Waals surface area (Å²) in [5.74, 6) is -0.329. The number of amides is 1. The van der Waals surface area contributed by atoms with Gasteiger partial charge < -0.3 is 0 Å². The van der Waals surface area contributed by atoms with Crippen molar-refractivity contribution >= 4 is 33.4 Å². The van der Waals surface area contributed by atoms with Gasteiger partial charge in [0.1, 0.15) is 0 Å². The molecule has 0 unspecified atom stereocenters. The highest BCUT2D eigenvalue weighted by molar-refractivity contribution is 9.10. The molecule has 0 saturated carbocycles. The fraction of sp³-hybridized carbons (Fsp3) is 0.364. The maximum atomic E-state index is 11.7. The average molecular weight is 307 g/mol. The summed E-state index contributed by atoms with van der Waals surface area (Å²) >= 11 is 9.09. The van der Waals surface area contributed by atoms with Crippen molar-refractivity contribution in [3.8, 4) is 0 Å². The summed E-state index contributed by atoms with van der Waals surface area (Å²) in [6.07, 6.45) is 0. The molecule has 0 bridgehead atoms. The second-order valence-electron chi connectivity index (χ2n) is 4.27. The number of hydroxylamine groups is 1. The van der Waals surface area contributed by atoms with E-state index in [9.17, 15) is 4.79 Å². The topological polar surface area (TPSA) is 38.3 Å². The van der Waals surface area contributed by atoms with Gasteiger partial charge in [0, 0.05) is 9.50 Å². The number of benzene rings is 1. The lowest BCUT2D eigenvalue weighted by Gasteiger charge is -2.19. The second-order valence-corrected chi connectivity index (χ2v) is 5.56. The summed E-state index contributed by atoms with van der Waals surface area (Å²) < 4.78 is 0.673. The van der Waals surface area contributed by atoms with Crippen LogP contribution in [0.25, 0.3) is 0 Å². The van der Waals surface area contributed by atoms with E-state index in [4.69, 9.17) is 16.4 Å². The lowest BCUT2D eigenvalue weighted by atomic mass is 10.2. The van der Waals surface area contributed by atoms with Gasteiger partial charge in [-0.3, -0.25) is 9.63 Å². The molecular weight excluding hydrogens is 293 g/mol. The molecule has 0 spiro atoms. The Kier molecular flexibility index (Phi) is 4.35. The van der Waals surface area contributed by atoms with Crippen LogP contribution in [0.2, 0.25) is 5.02 Å². The quantitative estimate of drug-likeness (QED) is 0.848. The number of hydrogen-bond acceptors (Lipinski definition) is 2. The predicted molar refractivity (Wildman–Crippen MR) is 67.5 cm³/mol. The fourth-order valence-electron chi connectivity index (χ4n) is 0.926. The van der Waals surface area contributed by atoms with Crippen molar-refractivity contribution in [3.63, 3.8) is 0 Å². The van der Waals surface area contributed by atoms with Gasteiger partial charge in [-0.25, -0.2) is 5.48 Å². The number of halogens is 2. The van der Waals surface area contributed by atoms with Gasteiger partial charge in [0.2, 0.25) is 0 Å². The average Bonchev–Trinajstić information content (AvgIpc) is 2.17. The van der Waals surface area contributed by atoms with Gasteiger partial charge in [-0.1, -0.05) is 11.6 Å². The summed E-state index contributed by atoms with van der Waals surface area (Å²) in [6, 6.07) is 4.99. The molecule has 1 N–H and O–H groups in total. The molecule has 0 aromatic heterocycles. The van der Waals surface area contributed by atoms with Crippen molar-refractivity contribution in [1.29, 1.82) is 0 Å². The Bertz CT molecular complexity index is 401. The fourth-order valence-corrected chi connectivity index (χ4v) is 1.52. The van der Waals surface area contributed by atoms with Crippen LogP contribution in [0.4, 0.5) is 0 Å². The van der Waals surface area contributed by atoms with Crippen molar-refractivity contribution < 1.29 is 9.63 Å². The predicted octanol–water partition coefficient (Wildman–Crippen LogP) is 3.56. The second kappa shape index (κ2) is 5.17. The number of rotatable bonds is 2. The largest absolute Gasteiger partial charge is 0.276 e. The van der Waals surface area contributed by atoms with Crippen LogP contribution < -0.4 is 5.48 Å². The molecule has 0 aliphatic rings. The van der Waals surface area contributed by atoms with E-state index in [-0.39, 0.29) is 5.91 Å². The van der Waals surface area contributed by atoms with Crippen LogP contribution in [0.15, 0.2) is 22.7 Å². The zero-order chi connectivity index (χ0) is 12.3. The van der Waals surface area contributed by atoms with Gasteiger partial charge in [-0.15, -0.1) is 0 Å². The molecule has 88 valence electrons. The monoisotopic (exact) mass is 305 g/mol. The van der Waals surface area contributed by atoms with Crippen molar-refractivity contribution in [2.24, 2.45) is 0 Å². The Morgan fingerprint density at radius 3 is 2.62 bits per heavy atom. The van der Waals surface area contributed by atoms with E-state index < -0.39 is 5.60 Å². The maximum absolute atomic E-state index is 11.7. The molecule has 1 amide bonds. The van der Waals surface area contributed by atoms with E-state index in [0.29, 0.717) is 15.1 Å². The number of nitrogens with one attached hydrogen (secondary N) is 1. The minimum atomic E-state index is -0.430. The van der Waals surface area contributed by atoms with Gasteiger partial charge in [-0.2, -0.15) is 0 Å². The molecule has 0 saturated heterocycles. The first kappa shape index (κ1) is 13.5. The van der Waals surface area contributed by atoms with E-state index in [0.717, 1.165) is 0 Å². The molecule has 0 heterocycles. The molecule has 0 radical (unpaired) electrons. The van der Waals surface area contributed by atoms with Gasteiger partial charge in [0.05, 0.1) is 11.2 Å². The van der Waals surface area contributed by atoms with Crippen LogP contribution in [0.1, 0.15) is 31.1 Å². The van der Waals surface area contributed by atoms with Crippen molar-refractivity contribution in [3.05, 3.63) is 33.3 Å². The third kappa shape index (κ3) is 4.12. The van der Waals surface area contributed by atoms with Crippen molar-refractivity contribution in [1.82, 2.24) is 5.48 Å². The van der Waals surface area contributed by atoms with Crippen LogP contribution in [-0.4, -0.2) is 11.5 Å². The van der Waals surface area contributed by atoms with E-state index in [1.165, 1.54) is 0 Å². The van der Waals surface area contributed by atoms with Gasteiger partial charge >= 0.3 is 0 Å². The summed E-state index contributed by atoms with van der Waals surface area (Å²) in [7, 11) is 0. The van der Waals surface area contributed by atoms with Crippen LogP contribution in [0.3, 0.4) is 0 Å². The summed E-state index contributed by atoms with van der Waals surface area (Å²) in [5.41, 5.74) is 2.39. The van der Waals surface area contributed by atoms with Crippen LogP contribution >= 0.6 is 27.5 Å². The molecule has 0 atom stereocenters. The molecule has 0 fully saturated rings. The van der Waals surface area contributed by atoms with Crippen LogP contribution in [0.5, 0.6) is 0 Å². The highest BCUT2D eigenvalue weighted by Gasteiger charge is 2.15. The number of carbonyl (C=O) groups is 1. The van der Waals surface area contributed by atoms with Crippen molar-refractivity contribution in [2.45, 2.75) is 26.4 Å². The minimum absolute atomic E-state index is 0.329. The SMILES string of the molecule is CC(C)(C)ONC(=O)c1cc(Cl)ccc1Br. The Balaban J connectivity index is 2.77. The normalized spacial score (nSPS) is 11.3. The van der Waals surface area contributed by atoms with Gasteiger partial charge in [-0.05, 0) is 54.9 Å². The smallest absolute Gasteiger partial charge is 0.268 e. The first-order chi connectivity index (χ1) is 7.29. The minimum Gasteiger partial charge on any atom is -0.268 e. The summed E-state index contributed by atoms with van der Waals surface area (Å²) in [4.78, 5) is 16.9. The third-order valence-corrected chi connectivity index (χ3v) is 2.55.